The Morgan fingerprint density at radius 1 is 0.950 bits per heavy atom. The smallest absolute Gasteiger partial charge is 0.258 e. The van der Waals surface area contributed by atoms with Crippen molar-refractivity contribution in [2.75, 3.05) is 11.1 Å². The molecule has 0 heterocycles. The van der Waals surface area contributed by atoms with Gasteiger partial charge in [-0.2, -0.15) is 0 Å². The minimum Gasteiger partial charge on any atom is -0.397 e. The summed E-state index contributed by atoms with van der Waals surface area (Å²) in [6.07, 6.45) is 0. The van der Waals surface area contributed by atoms with E-state index in [0.717, 1.165) is 30.3 Å². The molecule has 1 amide bonds. The molecule has 0 bridgehead atoms. The number of nitrogens with two attached hydrogens (primary N) is 1. The highest BCUT2D eigenvalue weighted by Crippen LogP contribution is 2.25. The first-order chi connectivity index (χ1) is 9.41. The zero-order valence-corrected chi connectivity index (χ0v) is 9.88. The van der Waals surface area contributed by atoms with Crippen LogP contribution < -0.4 is 11.1 Å². The predicted octanol–water partition coefficient (Wildman–Crippen LogP) is 3.08. The van der Waals surface area contributed by atoms with Gasteiger partial charge in [-0.1, -0.05) is 6.07 Å². The fourth-order valence-electron chi connectivity index (χ4n) is 1.55. The first-order valence-electron chi connectivity index (χ1n) is 5.40. The highest BCUT2D eigenvalue weighted by Gasteiger charge is 2.19. The van der Waals surface area contributed by atoms with Crippen LogP contribution in [0.25, 0.3) is 0 Å². The van der Waals surface area contributed by atoms with Gasteiger partial charge in [0.15, 0.2) is 23.3 Å². The van der Waals surface area contributed by atoms with E-state index in [-0.39, 0.29) is 5.69 Å². The van der Waals surface area contributed by atoms with Gasteiger partial charge < -0.3 is 11.1 Å². The predicted molar refractivity (Wildman–Crippen MR) is 65.1 cm³/mol. The molecule has 0 aromatic heterocycles. The topological polar surface area (TPSA) is 55.1 Å². The average Bonchev–Trinajstić information content (AvgIpc) is 2.42. The van der Waals surface area contributed by atoms with Crippen molar-refractivity contribution in [3.05, 3.63) is 59.2 Å². The number of halogens is 4. The summed E-state index contributed by atoms with van der Waals surface area (Å²) >= 11 is 0. The summed E-state index contributed by atoms with van der Waals surface area (Å²) in [5.41, 5.74) is 3.88. The first-order valence-corrected chi connectivity index (χ1v) is 5.40. The summed E-state index contributed by atoms with van der Waals surface area (Å²) in [5, 5.41) is 1.92. The minimum absolute atomic E-state index is 0.242. The third-order valence-electron chi connectivity index (χ3n) is 2.56. The van der Waals surface area contributed by atoms with Crippen LogP contribution in [0.3, 0.4) is 0 Å². The molecular weight excluding hydrogens is 276 g/mol. The van der Waals surface area contributed by atoms with E-state index in [1.165, 1.54) is 0 Å². The molecule has 0 aliphatic heterocycles. The summed E-state index contributed by atoms with van der Waals surface area (Å²) in [6.45, 7) is 0. The van der Waals surface area contributed by atoms with Crippen molar-refractivity contribution in [1.29, 1.82) is 0 Å². The van der Waals surface area contributed by atoms with Gasteiger partial charge >= 0.3 is 0 Å². The minimum atomic E-state index is -1.39. The second-order valence-corrected chi connectivity index (χ2v) is 3.88. The highest BCUT2D eigenvalue weighted by atomic mass is 19.2. The summed E-state index contributed by atoms with van der Waals surface area (Å²) in [4.78, 5) is 11.7. The van der Waals surface area contributed by atoms with Crippen molar-refractivity contribution >= 4 is 17.3 Å². The Hall–Kier alpha value is -2.57. The van der Waals surface area contributed by atoms with Crippen molar-refractivity contribution < 1.29 is 22.4 Å². The van der Waals surface area contributed by atoms with E-state index in [1.807, 2.05) is 5.32 Å². The number of amides is 1. The van der Waals surface area contributed by atoms with Crippen LogP contribution >= 0.6 is 0 Å². The molecule has 0 aliphatic carbocycles. The van der Waals surface area contributed by atoms with Crippen LogP contribution in [0.15, 0.2) is 30.3 Å². The van der Waals surface area contributed by atoms with Crippen molar-refractivity contribution in [3.63, 3.8) is 0 Å². The number of nitrogens with one attached hydrogen (secondary N) is 1. The normalized spacial score (nSPS) is 10.4. The van der Waals surface area contributed by atoms with Gasteiger partial charge in [-0.15, -0.1) is 0 Å². The SMILES string of the molecule is Nc1ccc(F)c(F)c1NC(=O)c1cccc(F)c1F. The molecule has 3 N–H and O–H groups in total. The quantitative estimate of drug-likeness (QED) is 0.657. The van der Waals surface area contributed by atoms with Gasteiger partial charge in [0.05, 0.1) is 11.3 Å². The molecule has 3 nitrogen and oxygen atoms in total. The Balaban J connectivity index is 2.38. The van der Waals surface area contributed by atoms with Gasteiger partial charge in [0, 0.05) is 0 Å². The molecule has 0 spiro atoms. The lowest BCUT2D eigenvalue weighted by Gasteiger charge is -2.10. The van der Waals surface area contributed by atoms with Crippen LogP contribution in [-0.2, 0) is 0 Å². The van der Waals surface area contributed by atoms with Gasteiger partial charge in [0.25, 0.3) is 5.91 Å². The fraction of sp³-hybridized carbons (Fsp3) is 0. The van der Waals surface area contributed by atoms with E-state index >= 15 is 0 Å². The molecule has 0 atom stereocenters. The first kappa shape index (κ1) is 13.9. The van der Waals surface area contributed by atoms with E-state index < -0.39 is 40.4 Å². The lowest BCUT2D eigenvalue weighted by atomic mass is 10.1. The van der Waals surface area contributed by atoms with Gasteiger partial charge in [-0.25, -0.2) is 17.6 Å². The highest BCUT2D eigenvalue weighted by molar-refractivity contribution is 6.06. The van der Waals surface area contributed by atoms with Crippen LogP contribution in [0.2, 0.25) is 0 Å². The van der Waals surface area contributed by atoms with E-state index in [4.69, 9.17) is 5.73 Å². The summed E-state index contributed by atoms with van der Waals surface area (Å²) in [5.74, 6) is -6.37. The van der Waals surface area contributed by atoms with Crippen molar-refractivity contribution in [3.8, 4) is 0 Å². The second-order valence-electron chi connectivity index (χ2n) is 3.88. The monoisotopic (exact) mass is 284 g/mol. The average molecular weight is 284 g/mol. The fourth-order valence-corrected chi connectivity index (χ4v) is 1.55. The van der Waals surface area contributed by atoms with Crippen LogP contribution in [-0.4, -0.2) is 5.91 Å². The Bertz CT molecular complexity index is 688. The molecule has 2 rings (SSSR count). The van der Waals surface area contributed by atoms with E-state index in [0.29, 0.717) is 0 Å². The van der Waals surface area contributed by atoms with Crippen molar-refractivity contribution in [2.45, 2.75) is 0 Å². The largest absolute Gasteiger partial charge is 0.397 e. The Kier molecular flexibility index (Phi) is 3.60. The number of hydrogen-bond donors (Lipinski definition) is 2. The third kappa shape index (κ3) is 2.42. The van der Waals surface area contributed by atoms with Gasteiger partial charge in [0.1, 0.15) is 5.69 Å². The van der Waals surface area contributed by atoms with Crippen molar-refractivity contribution in [1.82, 2.24) is 0 Å². The number of nitrogen functional groups attached to an aromatic ring is 1. The maximum atomic E-state index is 13.5. The molecule has 0 unspecified atom stereocenters. The molecule has 0 aliphatic rings. The lowest BCUT2D eigenvalue weighted by molar-refractivity contribution is 0.102. The third-order valence-corrected chi connectivity index (χ3v) is 2.56. The molecule has 0 saturated carbocycles. The van der Waals surface area contributed by atoms with E-state index in [1.54, 1.807) is 0 Å². The van der Waals surface area contributed by atoms with Crippen molar-refractivity contribution in [2.24, 2.45) is 0 Å². The zero-order chi connectivity index (χ0) is 14.9. The number of hydrogen-bond acceptors (Lipinski definition) is 2. The molecule has 2 aromatic carbocycles. The Morgan fingerprint density at radius 2 is 1.60 bits per heavy atom. The Labute approximate surface area is 111 Å². The lowest BCUT2D eigenvalue weighted by Crippen LogP contribution is -2.17. The van der Waals surface area contributed by atoms with Gasteiger partial charge in [-0.3, -0.25) is 4.79 Å². The van der Waals surface area contributed by atoms with Crippen LogP contribution in [0.1, 0.15) is 10.4 Å². The Morgan fingerprint density at radius 3 is 2.30 bits per heavy atom. The number of benzene rings is 2. The molecule has 104 valence electrons. The molecule has 7 heteroatoms. The standard InChI is InChI=1S/C13H8F4N2O/c14-7-3-1-2-6(10(7)16)13(20)19-12-9(18)5-4-8(15)11(12)17/h1-5H,18H2,(H,19,20). The van der Waals surface area contributed by atoms with Gasteiger partial charge in [0.2, 0.25) is 0 Å². The molecule has 0 radical (unpaired) electrons. The molecular formula is C13H8F4N2O. The van der Waals surface area contributed by atoms with Gasteiger partial charge in [-0.05, 0) is 24.3 Å². The van der Waals surface area contributed by atoms with E-state index in [9.17, 15) is 22.4 Å². The summed E-state index contributed by atoms with van der Waals surface area (Å²) < 4.78 is 52.9. The maximum absolute atomic E-state index is 13.5. The molecule has 0 fully saturated rings. The number of carbonyl (C=O) groups excluding carboxylic acids is 1. The molecule has 20 heavy (non-hydrogen) atoms. The summed E-state index contributed by atoms with van der Waals surface area (Å²) in [7, 11) is 0. The number of rotatable bonds is 2. The molecule has 2 aromatic rings. The van der Waals surface area contributed by atoms with E-state index in [2.05, 4.69) is 0 Å². The number of anilines is 2. The number of carbonyl (C=O) groups is 1. The van der Waals surface area contributed by atoms with Crippen LogP contribution in [0.4, 0.5) is 28.9 Å². The zero-order valence-electron chi connectivity index (χ0n) is 9.88. The maximum Gasteiger partial charge on any atom is 0.258 e. The second kappa shape index (κ2) is 5.20. The summed E-state index contributed by atoms with van der Waals surface area (Å²) in [6, 6.07) is 4.75. The molecule has 0 saturated heterocycles. The van der Waals surface area contributed by atoms with Crippen LogP contribution in [0, 0.1) is 23.3 Å². The van der Waals surface area contributed by atoms with Crippen LogP contribution in [0.5, 0.6) is 0 Å².